The molecule has 0 bridgehead atoms. The lowest BCUT2D eigenvalue weighted by atomic mass is 10.0. The van der Waals surface area contributed by atoms with E-state index in [1.165, 1.54) is 11.1 Å². The number of aryl methyl sites for hydroxylation is 2. The zero-order chi connectivity index (χ0) is 16.7. The molecule has 0 radical (unpaired) electrons. The summed E-state index contributed by atoms with van der Waals surface area (Å²) in [4.78, 5) is 22.9. The Hall–Kier alpha value is -1.64. The van der Waals surface area contributed by atoms with Crippen molar-refractivity contribution in [3.05, 3.63) is 70.8 Å². The monoisotopic (exact) mass is 348 g/mol. The summed E-state index contributed by atoms with van der Waals surface area (Å²) in [5, 5.41) is 0. The number of carbonyl (C=O) groups excluding carboxylic acids is 2. The Morgan fingerprint density at radius 1 is 0.652 bits per heavy atom. The zero-order valence-electron chi connectivity index (χ0n) is 12.7. The van der Waals surface area contributed by atoms with Gasteiger partial charge in [0.25, 0.3) is 0 Å². The highest BCUT2D eigenvalue weighted by atomic mass is 35.5. The Labute approximate surface area is 146 Å². The molecule has 2 nitrogen and oxygen atoms in total. The highest BCUT2D eigenvalue weighted by Crippen LogP contribution is 2.12. The molecule has 0 atom stereocenters. The first kappa shape index (κ1) is 17.7. The van der Waals surface area contributed by atoms with Gasteiger partial charge >= 0.3 is 0 Å². The van der Waals surface area contributed by atoms with E-state index in [2.05, 4.69) is 0 Å². The number of ketones is 2. The molecule has 0 aliphatic rings. The molecular formula is C19H18Cl2O2. The summed E-state index contributed by atoms with van der Waals surface area (Å²) in [5.74, 6) is -0.0713. The second-order valence-corrected chi connectivity index (χ2v) is 5.90. The predicted molar refractivity (Wildman–Crippen MR) is 95.0 cm³/mol. The molecule has 0 aliphatic heterocycles. The van der Waals surface area contributed by atoms with Crippen molar-refractivity contribution in [1.29, 1.82) is 0 Å². The van der Waals surface area contributed by atoms with Gasteiger partial charge in [-0.15, -0.1) is 23.2 Å². The normalized spacial score (nSPS) is 10.5. The average Bonchev–Trinajstić information content (AvgIpc) is 2.61. The Balaban J connectivity index is 1.85. The summed E-state index contributed by atoms with van der Waals surface area (Å²) >= 11 is 11.1. The lowest BCUT2D eigenvalue weighted by molar-refractivity contribution is 0.101. The number of benzene rings is 2. The fourth-order valence-corrected chi connectivity index (χ4v) is 2.67. The molecule has 0 saturated carbocycles. The molecule has 0 N–H and O–H groups in total. The molecule has 4 heteroatoms. The molecule has 0 unspecified atom stereocenters. The molecule has 0 fully saturated rings. The molecule has 0 amide bonds. The Bertz CT molecular complexity index is 601. The van der Waals surface area contributed by atoms with E-state index >= 15 is 0 Å². The van der Waals surface area contributed by atoms with Crippen LogP contribution in [0.5, 0.6) is 0 Å². The molecular weight excluding hydrogens is 331 g/mol. The summed E-state index contributed by atoms with van der Waals surface area (Å²) in [6.07, 6.45) is 2.89. The fourth-order valence-electron chi connectivity index (χ4n) is 2.37. The van der Waals surface area contributed by atoms with Crippen molar-refractivity contribution in [1.82, 2.24) is 0 Å². The van der Waals surface area contributed by atoms with E-state index in [1.807, 2.05) is 48.5 Å². The minimum absolute atomic E-state index is 0.0154. The molecule has 2 rings (SSSR count). The van der Waals surface area contributed by atoms with Crippen molar-refractivity contribution in [2.75, 3.05) is 11.8 Å². The molecule has 0 spiro atoms. The van der Waals surface area contributed by atoms with Gasteiger partial charge in [-0.1, -0.05) is 48.5 Å². The number of rotatable bonds is 8. The highest BCUT2D eigenvalue weighted by Gasteiger charge is 2.05. The Morgan fingerprint density at radius 3 is 1.30 bits per heavy atom. The number of hydrogen-bond donors (Lipinski definition) is 0. The van der Waals surface area contributed by atoms with Crippen molar-refractivity contribution in [3.63, 3.8) is 0 Å². The summed E-state index contributed by atoms with van der Waals surface area (Å²) in [5.41, 5.74) is 3.71. The van der Waals surface area contributed by atoms with Gasteiger partial charge in [0.05, 0.1) is 11.8 Å². The standard InChI is InChI=1S/C19H18Cl2O2/c20-12-18(22)16-8-4-14(5-9-16)2-1-3-15-6-10-17(11-7-15)19(23)13-21/h4-11H,1-3,12-13H2. The lowest BCUT2D eigenvalue weighted by Gasteiger charge is -2.05. The van der Waals surface area contributed by atoms with Crippen LogP contribution in [-0.4, -0.2) is 23.3 Å². The molecule has 0 heterocycles. The van der Waals surface area contributed by atoms with Gasteiger partial charge in [-0.2, -0.15) is 0 Å². The second-order valence-electron chi connectivity index (χ2n) is 5.36. The minimum Gasteiger partial charge on any atom is -0.293 e. The smallest absolute Gasteiger partial charge is 0.177 e. The van der Waals surface area contributed by atoms with Crippen LogP contribution in [0.15, 0.2) is 48.5 Å². The van der Waals surface area contributed by atoms with Crippen LogP contribution in [0.2, 0.25) is 0 Å². The van der Waals surface area contributed by atoms with Gasteiger partial charge in [0.1, 0.15) is 0 Å². The van der Waals surface area contributed by atoms with Crippen molar-refractivity contribution in [3.8, 4) is 0 Å². The lowest BCUT2D eigenvalue weighted by Crippen LogP contribution is -2.01. The van der Waals surface area contributed by atoms with Crippen molar-refractivity contribution in [2.24, 2.45) is 0 Å². The van der Waals surface area contributed by atoms with Gasteiger partial charge in [0.2, 0.25) is 0 Å². The molecule has 2 aromatic carbocycles. The number of carbonyl (C=O) groups is 2. The predicted octanol–water partition coefficient (Wildman–Crippen LogP) is 4.70. The Kier molecular flexibility index (Phi) is 6.82. The van der Waals surface area contributed by atoms with E-state index in [1.54, 1.807) is 0 Å². The molecule has 0 saturated heterocycles. The zero-order valence-corrected chi connectivity index (χ0v) is 14.2. The van der Waals surface area contributed by atoms with Crippen molar-refractivity contribution >= 4 is 34.8 Å². The Morgan fingerprint density at radius 2 is 1.00 bits per heavy atom. The van der Waals surface area contributed by atoms with E-state index in [0.29, 0.717) is 11.1 Å². The first-order chi connectivity index (χ1) is 11.1. The van der Waals surface area contributed by atoms with Crippen LogP contribution in [0.3, 0.4) is 0 Å². The van der Waals surface area contributed by atoms with Crippen LogP contribution in [0, 0.1) is 0 Å². The summed E-state index contributed by atoms with van der Waals surface area (Å²) in [6.45, 7) is 0. The van der Waals surface area contributed by atoms with Crippen LogP contribution < -0.4 is 0 Å². The number of Topliss-reactive ketones (excluding diaryl/α,β-unsaturated/α-hetero) is 2. The fraction of sp³-hybridized carbons (Fsp3) is 0.263. The maximum atomic E-state index is 11.5. The third kappa shape index (κ3) is 5.19. The quantitative estimate of drug-likeness (QED) is 0.511. The third-order valence-corrected chi connectivity index (χ3v) is 4.21. The van der Waals surface area contributed by atoms with Crippen molar-refractivity contribution < 1.29 is 9.59 Å². The minimum atomic E-state index is -0.0511. The maximum absolute atomic E-state index is 11.5. The first-order valence-corrected chi connectivity index (χ1v) is 8.57. The van der Waals surface area contributed by atoms with E-state index < -0.39 is 0 Å². The van der Waals surface area contributed by atoms with Crippen LogP contribution in [-0.2, 0) is 12.8 Å². The third-order valence-electron chi connectivity index (χ3n) is 3.73. The van der Waals surface area contributed by atoms with E-state index in [0.717, 1.165) is 19.3 Å². The number of hydrogen-bond acceptors (Lipinski definition) is 2. The number of alkyl halides is 2. The van der Waals surface area contributed by atoms with Gasteiger partial charge in [-0.05, 0) is 30.4 Å². The number of halogens is 2. The molecule has 2 aromatic rings. The van der Waals surface area contributed by atoms with Gasteiger partial charge < -0.3 is 0 Å². The topological polar surface area (TPSA) is 34.1 Å². The largest absolute Gasteiger partial charge is 0.293 e. The van der Waals surface area contributed by atoms with Crippen molar-refractivity contribution in [2.45, 2.75) is 19.3 Å². The average molecular weight is 349 g/mol. The first-order valence-electron chi connectivity index (χ1n) is 7.50. The molecule has 0 aliphatic carbocycles. The molecule has 23 heavy (non-hydrogen) atoms. The van der Waals surface area contributed by atoms with Crippen LogP contribution in [0.25, 0.3) is 0 Å². The SMILES string of the molecule is O=C(CCl)c1ccc(CCCc2ccc(C(=O)CCl)cc2)cc1. The summed E-state index contributed by atoms with van der Waals surface area (Å²) in [6, 6.07) is 15.2. The maximum Gasteiger partial charge on any atom is 0.177 e. The van der Waals surface area contributed by atoms with Gasteiger partial charge in [0.15, 0.2) is 11.6 Å². The van der Waals surface area contributed by atoms with Gasteiger partial charge in [-0.25, -0.2) is 0 Å². The highest BCUT2D eigenvalue weighted by molar-refractivity contribution is 6.30. The second kappa shape index (κ2) is 8.85. The van der Waals surface area contributed by atoms with Gasteiger partial charge in [-0.3, -0.25) is 9.59 Å². The summed E-state index contributed by atoms with van der Waals surface area (Å²) in [7, 11) is 0. The summed E-state index contributed by atoms with van der Waals surface area (Å²) < 4.78 is 0. The van der Waals surface area contributed by atoms with Crippen LogP contribution in [0.1, 0.15) is 38.3 Å². The van der Waals surface area contributed by atoms with E-state index in [9.17, 15) is 9.59 Å². The van der Waals surface area contributed by atoms with Crippen LogP contribution >= 0.6 is 23.2 Å². The van der Waals surface area contributed by atoms with Gasteiger partial charge in [0, 0.05) is 11.1 Å². The molecule has 120 valence electrons. The van der Waals surface area contributed by atoms with Crippen LogP contribution in [0.4, 0.5) is 0 Å². The van der Waals surface area contributed by atoms with E-state index in [4.69, 9.17) is 23.2 Å². The van der Waals surface area contributed by atoms with E-state index in [-0.39, 0.29) is 23.3 Å². The molecule has 0 aromatic heterocycles.